The maximum absolute atomic E-state index is 14.1. The first kappa shape index (κ1) is 26.6. The highest BCUT2D eigenvalue weighted by molar-refractivity contribution is 6.02. The summed E-state index contributed by atoms with van der Waals surface area (Å²) in [5, 5.41) is 6.69. The molecule has 11 heteroatoms. The Kier molecular flexibility index (Phi) is 7.65. The Hall–Kier alpha value is -4.41. The van der Waals surface area contributed by atoms with E-state index in [4.69, 9.17) is 9.15 Å². The monoisotopic (exact) mass is 531 g/mol. The van der Waals surface area contributed by atoms with E-state index in [0.717, 1.165) is 10.2 Å². The van der Waals surface area contributed by atoms with Gasteiger partial charge in [-0.05, 0) is 44.0 Å². The van der Waals surface area contributed by atoms with Gasteiger partial charge in [0.05, 0.1) is 29.2 Å². The molecule has 0 radical (unpaired) electrons. The number of anilines is 1. The number of hydrogen-bond donors (Lipinski definition) is 1. The molecule has 4 rings (SSSR count). The second-order valence-corrected chi connectivity index (χ2v) is 8.36. The molecule has 4 aromatic rings. The lowest BCUT2D eigenvalue weighted by atomic mass is 10.1. The molecule has 0 saturated carbocycles. The first-order chi connectivity index (χ1) is 18.1. The summed E-state index contributed by atoms with van der Waals surface area (Å²) in [6, 6.07) is 10.5. The lowest BCUT2D eigenvalue weighted by molar-refractivity contribution is 0.0992. The van der Waals surface area contributed by atoms with Crippen LogP contribution in [0, 0.1) is 42.9 Å². The van der Waals surface area contributed by atoms with Gasteiger partial charge in [-0.25, -0.2) is 22.0 Å². The number of halogens is 5. The molecule has 1 N–H and O–H groups in total. The van der Waals surface area contributed by atoms with E-state index in [2.05, 4.69) is 17.0 Å². The Balaban J connectivity index is 1.48. The van der Waals surface area contributed by atoms with Crippen molar-refractivity contribution < 1.29 is 35.9 Å². The van der Waals surface area contributed by atoms with Crippen LogP contribution in [0.15, 0.2) is 53.5 Å². The van der Waals surface area contributed by atoms with Gasteiger partial charge in [-0.2, -0.15) is 5.10 Å². The molecule has 2 aromatic carbocycles. The highest BCUT2D eigenvalue weighted by Gasteiger charge is 2.27. The van der Waals surface area contributed by atoms with E-state index in [9.17, 15) is 26.7 Å². The Morgan fingerprint density at radius 3 is 2.37 bits per heavy atom. The topological polar surface area (TPSA) is 69.3 Å². The number of para-hydroxylation sites is 1. The van der Waals surface area contributed by atoms with Crippen LogP contribution >= 0.6 is 0 Å². The van der Waals surface area contributed by atoms with Gasteiger partial charge >= 0.3 is 0 Å². The summed E-state index contributed by atoms with van der Waals surface area (Å²) in [7, 11) is 0. The van der Waals surface area contributed by atoms with Crippen molar-refractivity contribution in [1.82, 2.24) is 9.78 Å². The van der Waals surface area contributed by atoms with Crippen molar-refractivity contribution in [2.45, 2.75) is 33.4 Å². The maximum Gasteiger partial charge on any atom is 0.291 e. The second kappa shape index (κ2) is 10.9. The van der Waals surface area contributed by atoms with Gasteiger partial charge in [0.1, 0.15) is 18.1 Å². The zero-order valence-electron chi connectivity index (χ0n) is 20.4. The van der Waals surface area contributed by atoms with E-state index in [1.165, 1.54) is 19.9 Å². The summed E-state index contributed by atoms with van der Waals surface area (Å²) in [5.41, 5.74) is 0.588. The third-order valence-electron chi connectivity index (χ3n) is 5.82. The minimum Gasteiger partial charge on any atom is -0.485 e. The van der Waals surface area contributed by atoms with Crippen molar-refractivity contribution in [3.63, 3.8) is 0 Å². The minimum absolute atomic E-state index is 0.0331. The molecule has 2 aromatic heterocycles. The molecule has 0 unspecified atom stereocenters. The fourth-order valence-electron chi connectivity index (χ4n) is 3.84. The lowest BCUT2D eigenvalue weighted by Crippen LogP contribution is -2.14. The van der Waals surface area contributed by atoms with Crippen LogP contribution in [0.25, 0.3) is 0 Å². The van der Waals surface area contributed by atoms with E-state index in [-0.39, 0.29) is 29.4 Å². The SMILES string of the molecule is C=CCc1ccccc1OCc1ccc(C(=O)Nc2c(C)nn(Cc3c(F)c(F)c(F)c(F)c3F)c2C)o1. The Morgan fingerprint density at radius 2 is 1.68 bits per heavy atom. The number of carbonyl (C=O) groups excluding carboxylic acids is 1. The van der Waals surface area contributed by atoms with Gasteiger partial charge in [-0.3, -0.25) is 9.48 Å². The lowest BCUT2D eigenvalue weighted by Gasteiger charge is -2.10. The number of aryl methyl sites for hydroxylation is 1. The van der Waals surface area contributed by atoms with Gasteiger partial charge in [0.2, 0.25) is 5.82 Å². The van der Waals surface area contributed by atoms with E-state index in [0.29, 0.717) is 17.9 Å². The highest BCUT2D eigenvalue weighted by atomic mass is 19.2. The predicted molar refractivity (Wildman–Crippen MR) is 128 cm³/mol. The van der Waals surface area contributed by atoms with Crippen LogP contribution in [0.4, 0.5) is 27.6 Å². The summed E-state index contributed by atoms with van der Waals surface area (Å²) < 4.78 is 81.2. The fraction of sp³-hybridized carbons (Fsp3) is 0.185. The number of benzene rings is 2. The summed E-state index contributed by atoms with van der Waals surface area (Å²) >= 11 is 0. The normalized spacial score (nSPS) is 11.0. The molecule has 0 fully saturated rings. The first-order valence-corrected chi connectivity index (χ1v) is 11.4. The molecule has 0 bridgehead atoms. The van der Waals surface area contributed by atoms with Gasteiger partial charge in [0, 0.05) is 0 Å². The van der Waals surface area contributed by atoms with Crippen LogP contribution in [-0.2, 0) is 19.6 Å². The number of rotatable bonds is 9. The van der Waals surface area contributed by atoms with E-state index >= 15 is 0 Å². The number of amides is 1. The van der Waals surface area contributed by atoms with Gasteiger partial charge in [0.15, 0.2) is 29.0 Å². The van der Waals surface area contributed by atoms with Crippen molar-refractivity contribution in [2.24, 2.45) is 0 Å². The first-order valence-electron chi connectivity index (χ1n) is 11.4. The molecular formula is C27H22F5N3O3. The highest BCUT2D eigenvalue weighted by Crippen LogP contribution is 2.27. The number of carbonyl (C=O) groups is 1. The summed E-state index contributed by atoms with van der Waals surface area (Å²) in [5.74, 6) is -9.85. The number of nitrogens with one attached hydrogen (secondary N) is 1. The number of ether oxygens (including phenoxy) is 1. The Bertz CT molecular complexity index is 1500. The third-order valence-corrected chi connectivity index (χ3v) is 5.82. The molecule has 1 amide bonds. The van der Waals surface area contributed by atoms with Crippen LogP contribution in [-0.4, -0.2) is 15.7 Å². The fourth-order valence-corrected chi connectivity index (χ4v) is 3.84. The smallest absolute Gasteiger partial charge is 0.291 e. The van der Waals surface area contributed by atoms with Crippen LogP contribution < -0.4 is 10.1 Å². The van der Waals surface area contributed by atoms with Crippen LogP contribution in [0.1, 0.15) is 38.8 Å². The van der Waals surface area contributed by atoms with Crippen molar-refractivity contribution in [3.8, 4) is 5.75 Å². The largest absolute Gasteiger partial charge is 0.485 e. The van der Waals surface area contributed by atoms with Crippen molar-refractivity contribution in [3.05, 3.63) is 112 Å². The molecule has 6 nitrogen and oxygen atoms in total. The van der Waals surface area contributed by atoms with Gasteiger partial charge in [0.25, 0.3) is 5.91 Å². The molecule has 198 valence electrons. The zero-order valence-corrected chi connectivity index (χ0v) is 20.4. The molecule has 0 atom stereocenters. The molecular weight excluding hydrogens is 509 g/mol. The number of hydrogen-bond acceptors (Lipinski definition) is 4. The van der Waals surface area contributed by atoms with Crippen LogP contribution in [0.5, 0.6) is 5.75 Å². The van der Waals surface area contributed by atoms with E-state index < -0.39 is 47.1 Å². The van der Waals surface area contributed by atoms with Crippen LogP contribution in [0.2, 0.25) is 0 Å². The molecule has 2 heterocycles. The van der Waals surface area contributed by atoms with E-state index in [1.807, 2.05) is 24.3 Å². The van der Waals surface area contributed by atoms with Crippen molar-refractivity contribution >= 4 is 11.6 Å². The van der Waals surface area contributed by atoms with Crippen molar-refractivity contribution in [2.75, 3.05) is 5.32 Å². The molecule has 0 aliphatic heterocycles. The molecule has 0 aliphatic carbocycles. The third kappa shape index (κ3) is 5.17. The quantitative estimate of drug-likeness (QED) is 0.118. The number of furan rings is 1. The number of nitrogens with zero attached hydrogens (tertiary/aromatic N) is 2. The Morgan fingerprint density at radius 1 is 1.03 bits per heavy atom. The predicted octanol–water partition coefficient (Wildman–Crippen LogP) is 6.40. The van der Waals surface area contributed by atoms with Gasteiger partial charge in [-0.1, -0.05) is 24.3 Å². The minimum atomic E-state index is -2.24. The van der Waals surface area contributed by atoms with Gasteiger partial charge < -0.3 is 14.5 Å². The maximum atomic E-state index is 14.1. The number of allylic oxidation sites excluding steroid dienone is 1. The molecule has 0 spiro atoms. The number of aromatic nitrogens is 2. The summed E-state index contributed by atoms with van der Waals surface area (Å²) in [6.45, 7) is 6.04. The average molecular weight is 531 g/mol. The van der Waals surface area contributed by atoms with Crippen molar-refractivity contribution in [1.29, 1.82) is 0 Å². The Labute approximate surface area is 214 Å². The second-order valence-electron chi connectivity index (χ2n) is 8.36. The summed E-state index contributed by atoms with van der Waals surface area (Å²) in [4.78, 5) is 12.8. The molecule has 38 heavy (non-hydrogen) atoms. The average Bonchev–Trinajstić information content (AvgIpc) is 3.49. The van der Waals surface area contributed by atoms with Crippen LogP contribution in [0.3, 0.4) is 0 Å². The zero-order chi connectivity index (χ0) is 27.6. The standard InChI is InChI=1S/C27H22F5N3O3/c1-4-7-16-8-5-6-9-19(16)37-13-17-10-11-20(38-17)27(36)33-26-14(2)34-35(15(26)3)12-18-21(28)23(30)25(32)24(31)22(18)29/h4-6,8-11H,1,7,12-13H2,2-3H3,(H,33,36). The summed E-state index contributed by atoms with van der Waals surface area (Å²) in [6.07, 6.45) is 2.38. The van der Waals surface area contributed by atoms with E-state index in [1.54, 1.807) is 12.1 Å². The van der Waals surface area contributed by atoms with Gasteiger partial charge in [-0.15, -0.1) is 6.58 Å². The molecule has 0 saturated heterocycles. The molecule has 0 aliphatic rings.